The van der Waals surface area contributed by atoms with Gasteiger partial charge in [-0.05, 0) is 47.1 Å². The molecule has 0 aliphatic rings. The van der Waals surface area contributed by atoms with Crippen LogP contribution in [-0.4, -0.2) is 36.5 Å². The van der Waals surface area contributed by atoms with Crippen LogP contribution in [-0.2, 0) is 9.47 Å². The quantitative estimate of drug-likeness (QED) is 0.473. The fourth-order valence-corrected chi connectivity index (χ4v) is 1.10. The van der Waals surface area contributed by atoms with E-state index < -0.39 is 17.7 Å². The highest BCUT2D eigenvalue weighted by Crippen LogP contribution is 2.09. The fourth-order valence-electron chi connectivity index (χ4n) is 1.10. The maximum absolute atomic E-state index is 11.6. The second-order valence-corrected chi connectivity index (χ2v) is 6.18. The number of hydrogen-bond acceptors (Lipinski definition) is 4. The molecule has 0 saturated carbocycles. The Morgan fingerprint density at radius 2 is 1.84 bits per heavy atom. The van der Waals surface area contributed by atoms with Crippen molar-refractivity contribution in [3.8, 4) is 0 Å². The molecule has 0 aliphatic carbocycles. The van der Waals surface area contributed by atoms with Crippen LogP contribution in [0.1, 0.15) is 41.5 Å². The van der Waals surface area contributed by atoms with Crippen molar-refractivity contribution in [3.63, 3.8) is 0 Å². The van der Waals surface area contributed by atoms with Crippen molar-refractivity contribution in [2.24, 2.45) is 5.11 Å². The summed E-state index contributed by atoms with van der Waals surface area (Å²) in [6.45, 7) is 11.4. The number of hydrogen-bond donors (Lipinski definition) is 1. The van der Waals surface area contributed by atoms with E-state index >= 15 is 0 Å². The predicted molar refractivity (Wildman–Crippen MR) is 72.9 cm³/mol. The predicted octanol–water partition coefficient (Wildman–Crippen LogP) is 3.01. The van der Waals surface area contributed by atoms with Crippen LogP contribution in [0.5, 0.6) is 0 Å². The monoisotopic (exact) mass is 272 g/mol. The zero-order chi connectivity index (χ0) is 15.1. The average Bonchev–Trinajstić information content (AvgIpc) is 2.18. The van der Waals surface area contributed by atoms with Crippen molar-refractivity contribution >= 4 is 6.09 Å². The molecule has 19 heavy (non-hydrogen) atoms. The molecule has 110 valence electrons. The van der Waals surface area contributed by atoms with Crippen LogP contribution in [0.3, 0.4) is 0 Å². The van der Waals surface area contributed by atoms with Crippen molar-refractivity contribution in [1.82, 2.24) is 5.32 Å². The van der Waals surface area contributed by atoms with E-state index in [1.54, 1.807) is 20.8 Å². The van der Waals surface area contributed by atoms with Crippen LogP contribution in [0.25, 0.3) is 10.4 Å². The first-order valence-corrected chi connectivity index (χ1v) is 6.18. The lowest BCUT2D eigenvalue weighted by molar-refractivity contribution is -0.0159. The second-order valence-electron chi connectivity index (χ2n) is 6.18. The molecule has 0 aromatic carbocycles. The smallest absolute Gasteiger partial charge is 0.407 e. The van der Waals surface area contributed by atoms with E-state index in [1.165, 1.54) is 0 Å². The van der Waals surface area contributed by atoms with Gasteiger partial charge in [0, 0.05) is 11.5 Å². The highest BCUT2D eigenvalue weighted by Gasteiger charge is 2.21. The Kier molecular flexibility index (Phi) is 6.65. The molecule has 0 saturated heterocycles. The number of carbonyl (C=O) groups excluding carboxylic acids is 1. The zero-order valence-corrected chi connectivity index (χ0v) is 12.6. The average molecular weight is 272 g/mol. The molecule has 0 aliphatic heterocycles. The number of nitrogens with one attached hydrogen (secondary N) is 1. The van der Waals surface area contributed by atoms with Gasteiger partial charge in [-0.3, -0.25) is 0 Å². The third-order valence-corrected chi connectivity index (χ3v) is 1.80. The first-order chi connectivity index (χ1) is 8.53. The molecule has 0 fully saturated rings. The summed E-state index contributed by atoms with van der Waals surface area (Å²) in [5, 5.41) is 6.08. The molecule has 0 unspecified atom stereocenters. The van der Waals surface area contributed by atoms with Gasteiger partial charge in [0.05, 0.1) is 18.2 Å². The van der Waals surface area contributed by atoms with Crippen LogP contribution in [0, 0.1) is 0 Å². The van der Waals surface area contributed by atoms with E-state index in [0.29, 0.717) is 0 Å². The number of ether oxygens (including phenoxy) is 2. The molecule has 1 atom stereocenters. The third kappa shape index (κ3) is 11.4. The van der Waals surface area contributed by atoms with E-state index in [2.05, 4.69) is 15.3 Å². The molecule has 7 heteroatoms. The Morgan fingerprint density at radius 1 is 1.26 bits per heavy atom. The number of azide groups is 1. The summed E-state index contributed by atoms with van der Waals surface area (Å²) in [6.07, 6.45) is -0.553. The standard InChI is InChI=1S/C12H24N4O3/c1-11(2,3)18-8-9(7-14-16-13)15-10(17)19-12(4,5)6/h9H,7-8H2,1-6H3,(H,15,17)/t9-/m0/s1. The summed E-state index contributed by atoms with van der Waals surface area (Å²) < 4.78 is 10.7. The summed E-state index contributed by atoms with van der Waals surface area (Å²) in [4.78, 5) is 14.3. The molecule has 0 rings (SSSR count). The summed E-state index contributed by atoms with van der Waals surface area (Å²) in [6, 6.07) is -0.412. The second kappa shape index (κ2) is 7.21. The van der Waals surface area contributed by atoms with Crippen LogP contribution in [0.4, 0.5) is 4.79 Å². The molecule has 0 heterocycles. The lowest BCUT2D eigenvalue weighted by Crippen LogP contribution is -2.44. The Morgan fingerprint density at radius 3 is 2.26 bits per heavy atom. The van der Waals surface area contributed by atoms with Crippen molar-refractivity contribution in [1.29, 1.82) is 0 Å². The van der Waals surface area contributed by atoms with Crippen LogP contribution in [0.15, 0.2) is 5.11 Å². The summed E-state index contributed by atoms with van der Waals surface area (Å²) in [7, 11) is 0. The third-order valence-electron chi connectivity index (χ3n) is 1.80. The number of carbonyl (C=O) groups is 1. The Labute approximate surface area is 114 Å². The van der Waals surface area contributed by atoms with Gasteiger partial charge in [0.15, 0.2) is 0 Å². The molecule has 1 N–H and O–H groups in total. The molecule has 0 aromatic rings. The van der Waals surface area contributed by atoms with Crippen LogP contribution >= 0.6 is 0 Å². The largest absolute Gasteiger partial charge is 0.444 e. The van der Waals surface area contributed by atoms with Crippen molar-refractivity contribution in [2.45, 2.75) is 58.8 Å². The number of rotatable bonds is 5. The normalized spacial score (nSPS) is 13.4. The molecule has 0 aromatic heterocycles. The van der Waals surface area contributed by atoms with Crippen molar-refractivity contribution < 1.29 is 14.3 Å². The van der Waals surface area contributed by atoms with Crippen LogP contribution in [0.2, 0.25) is 0 Å². The van der Waals surface area contributed by atoms with Gasteiger partial charge in [-0.15, -0.1) is 0 Å². The highest BCUT2D eigenvalue weighted by atomic mass is 16.6. The Balaban J connectivity index is 4.42. The molecular formula is C12H24N4O3. The minimum atomic E-state index is -0.571. The van der Waals surface area contributed by atoms with Crippen molar-refractivity contribution in [2.75, 3.05) is 13.2 Å². The van der Waals surface area contributed by atoms with Gasteiger partial charge in [0.1, 0.15) is 5.60 Å². The molecule has 1 amide bonds. The van der Waals surface area contributed by atoms with E-state index in [9.17, 15) is 4.79 Å². The number of nitrogens with zero attached hydrogens (tertiary/aromatic N) is 3. The Hall–Kier alpha value is -1.46. The molecule has 0 bridgehead atoms. The molecule has 7 nitrogen and oxygen atoms in total. The molecular weight excluding hydrogens is 248 g/mol. The first-order valence-electron chi connectivity index (χ1n) is 6.18. The fraction of sp³-hybridized carbons (Fsp3) is 0.917. The SMILES string of the molecule is CC(C)(C)OC[C@H](CN=[N+]=[N-])NC(=O)OC(C)(C)C. The minimum absolute atomic E-state index is 0.117. The molecule has 0 spiro atoms. The van der Waals surface area contributed by atoms with Gasteiger partial charge in [-0.2, -0.15) is 0 Å². The minimum Gasteiger partial charge on any atom is -0.444 e. The maximum Gasteiger partial charge on any atom is 0.407 e. The van der Waals surface area contributed by atoms with Gasteiger partial charge < -0.3 is 14.8 Å². The molecule has 0 radical (unpaired) electrons. The number of alkyl carbamates (subject to hydrolysis) is 1. The maximum atomic E-state index is 11.6. The van der Waals surface area contributed by atoms with Crippen LogP contribution < -0.4 is 5.32 Å². The number of amides is 1. The van der Waals surface area contributed by atoms with E-state index in [-0.39, 0.29) is 18.8 Å². The summed E-state index contributed by atoms with van der Waals surface area (Å²) >= 11 is 0. The lowest BCUT2D eigenvalue weighted by Gasteiger charge is -2.26. The van der Waals surface area contributed by atoms with Gasteiger partial charge in [-0.1, -0.05) is 5.11 Å². The van der Waals surface area contributed by atoms with E-state index in [4.69, 9.17) is 15.0 Å². The zero-order valence-electron chi connectivity index (χ0n) is 12.6. The van der Waals surface area contributed by atoms with Gasteiger partial charge >= 0.3 is 6.09 Å². The van der Waals surface area contributed by atoms with Gasteiger partial charge in [0.2, 0.25) is 0 Å². The van der Waals surface area contributed by atoms with E-state index in [0.717, 1.165) is 0 Å². The first kappa shape index (κ1) is 17.5. The lowest BCUT2D eigenvalue weighted by atomic mass is 10.2. The van der Waals surface area contributed by atoms with Gasteiger partial charge in [0.25, 0.3) is 0 Å². The highest BCUT2D eigenvalue weighted by molar-refractivity contribution is 5.68. The van der Waals surface area contributed by atoms with Gasteiger partial charge in [-0.25, -0.2) is 4.79 Å². The van der Waals surface area contributed by atoms with Crippen molar-refractivity contribution in [3.05, 3.63) is 10.4 Å². The summed E-state index contributed by atoms with van der Waals surface area (Å²) in [5.41, 5.74) is 7.44. The Bertz CT molecular complexity index is 338. The van der Waals surface area contributed by atoms with E-state index in [1.807, 2.05) is 20.8 Å². The summed E-state index contributed by atoms with van der Waals surface area (Å²) in [5.74, 6) is 0. The topological polar surface area (TPSA) is 96.3 Å².